The zero-order chi connectivity index (χ0) is 9.42. The number of hydrogen-bond donors (Lipinski definition) is 2. The van der Waals surface area contributed by atoms with E-state index in [1.54, 1.807) is 12.3 Å². The molecule has 0 aliphatic heterocycles. The lowest BCUT2D eigenvalue weighted by molar-refractivity contribution is -0.254. The molecule has 66 valence electrons. The van der Waals surface area contributed by atoms with Crippen LogP contribution in [0.5, 0.6) is 0 Å². The van der Waals surface area contributed by atoms with Crippen LogP contribution < -0.4 is 11.3 Å². The first kappa shape index (κ1) is 8.47. The van der Waals surface area contributed by atoms with E-state index < -0.39 is 0 Å². The molecule has 4 N–H and O–H groups in total. The van der Waals surface area contributed by atoms with Crippen LogP contribution in [0.2, 0.25) is 0 Å². The van der Waals surface area contributed by atoms with E-state index in [1.807, 2.05) is 12.1 Å². The number of quaternary nitrogens is 1. The Balaban J connectivity index is 3.01. The molecule has 0 aliphatic carbocycles. The molecule has 4 heteroatoms. The summed E-state index contributed by atoms with van der Waals surface area (Å²) < 4.78 is 0.891. The van der Waals surface area contributed by atoms with Crippen LogP contribution in [-0.4, -0.2) is 4.98 Å². The number of benzene rings is 1. The summed E-state index contributed by atoms with van der Waals surface area (Å²) in [6, 6.07) is 5.54. The Bertz CT molecular complexity index is 518. The third kappa shape index (κ3) is 1.38. The topological polar surface area (TPSA) is 60.5 Å². The van der Waals surface area contributed by atoms with Crippen molar-refractivity contribution in [1.82, 2.24) is 4.98 Å². The standard InChI is InChI=1S/C9H7BrN2O/c10-8-4-12-9(13)7-3-5(11)1-2-6(7)8/h1-4H,11H2,(H,12,13)/p+1. The fourth-order valence-corrected chi connectivity index (χ4v) is 1.73. The van der Waals surface area contributed by atoms with Crippen LogP contribution >= 0.6 is 15.9 Å². The Morgan fingerprint density at radius 2 is 2.08 bits per heavy atom. The summed E-state index contributed by atoms with van der Waals surface area (Å²) in [5, 5.41) is 1.58. The second-order valence-corrected chi connectivity index (χ2v) is 3.70. The van der Waals surface area contributed by atoms with Crippen LogP contribution in [0.15, 0.2) is 33.7 Å². The fraction of sp³-hybridized carbons (Fsp3) is 0. The molecule has 13 heavy (non-hydrogen) atoms. The Hall–Kier alpha value is -1.13. The lowest BCUT2D eigenvalue weighted by Gasteiger charge is -1.98. The number of halogens is 1. The summed E-state index contributed by atoms with van der Waals surface area (Å²) in [5.74, 6) is 0. The van der Waals surface area contributed by atoms with Crippen molar-refractivity contribution in [2.45, 2.75) is 0 Å². The van der Waals surface area contributed by atoms with Crippen LogP contribution in [0.3, 0.4) is 0 Å². The van der Waals surface area contributed by atoms with Crippen LogP contribution in [0.1, 0.15) is 0 Å². The van der Waals surface area contributed by atoms with Crippen molar-refractivity contribution in [3.8, 4) is 0 Å². The van der Waals surface area contributed by atoms with E-state index in [1.165, 1.54) is 0 Å². The maximum absolute atomic E-state index is 11.4. The first-order chi connectivity index (χ1) is 6.18. The minimum atomic E-state index is -0.0799. The monoisotopic (exact) mass is 239 g/mol. The molecule has 0 radical (unpaired) electrons. The number of hydrogen-bond acceptors (Lipinski definition) is 1. The van der Waals surface area contributed by atoms with Gasteiger partial charge in [-0.2, -0.15) is 0 Å². The molecule has 0 amide bonds. The van der Waals surface area contributed by atoms with Crippen molar-refractivity contribution in [3.63, 3.8) is 0 Å². The van der Waals surface area contributed by atoms with Gasteiger partial charge in [0.15, 0.2) is 0 Å². The van der Waals surface area contributed by atoms with Crippen LogP contribution in [0.4, 0.5) is 5.69 Å². The van der Waals surface area contributed by atoms with E-state index in [9.17, 15) is 4.79 Å². The third-order valence-corrected chi connectivity index (χ3v) is 2.57. The SMILES string of the molecule is [NH3+]c1ccc2c(Br)c[nH]c(=O)c2c1. The molecular weight excluding hydrogens is 232 g/mol. The van der Waals surface area contributed by atoms with Gasteiger partial charge < -0.3 is 10.7 Å². The first-order valence-electron chi connectivity index (χ1n) is 3.81. The van der Waals surface area contributed by atoms with Gasteiger partial charge in [0.1, 0.15) is 5.69 Å². The molecule has 0 atom stereocenters. The predicted molar refractivity (Wildman–Crippen MR) is 54.8 cm³/mol. The molecule has 2 rings (SSSR count). The molecule has 0 unspecified atom stereocenters. The second kappa shape index (κ2) is 2.97. The molecule has 0 bridgehead atoms. The Labute approximate surface area is 82.7 Å². The van der Waals surface area contributed by atoms with Crippen molar-refractivity contribution in [2.75, 3.05) is 0 Å². The maximum atomic E-state index is 11.4. The van der Waals surface area contributed by atoms with Gasteiger partial charge in [-0.25, -0.2) is 0 Å². The van der Waals surface area contributed by atoms with Crippen molar-refractivity contribution < 1.29 is 5.73 Å². The number of nitrogens with one attached hydrogen (secondary N) is 1. The van der Waals surface area contributed by atoms with Gasteiger partial charge in [-0.15, -0.1) is 0 Å². The number of H-pyrrole nitrogens is 1. The highest BCUT2D eigenvalue weighted by Gasteiger charge is 2.03. The van der Waals surface area contributed by atoms with Gasteiger partial charge in [0.05, 0.1) is 5.39 Å². The van der Waals surface area contributed by atoms with E-state index in [0.717, 1.165) is 15.5 Å². The van der Waals surface area contributed by atoms with Gasteiger partial charge in [0.2, 0.25) is 0 Å². The van der Waals surface area contributed by atoms with Gasteiger partial charge >= 0.3 is 0 Å². The largest absolute Gasteiger partial charge is 0.327 e. The van der Waals surface area contributed by atoms with E-state index in [-0.39, 0.29) is 5.56 Å². The minimum Gasteiger partial charge on any atom is -0.327 e. The lowest BCUT2D eigenvalue weighted by Crippen LogP contribution is -2.40. The highest BCUT2D eigenvalue weighted by atomic mass is 79.9. The number of pyridine rings is 1. The molecule has 3 nitrogen and oxygen atoms in total. The summed E-state index contributed by atoms with van der Waals surface area (Å²) >= 11 is 3.37. The smallest absolute Gasteiger partial charge is 0.256 e. The van der Waals surface area contributed by atoms with Gasteiger partial charge in [0.25, 0.3) is 5.56 Å². The van der Waals surface area contributed by atoms with E-state index >= 15 is 0 Å². The van der Waals surface area contributed by atoms with E-state index in [4.69, 9.17) is 0 Å². The van der Waals surface area contributed by atoms with E-state index in [2.05, 4.69) is 26.6 Å². The minimum absolute atomic E-state index is 0.0799. The molecule has 1 aromatic heterocycles. The molecule has 0 fully saturated rings. The summed E-state index contributed by atoms with van der Waals surface area (Å²) in [4.78, 5) is 14.0. The molecule has 0 aliphatic rings. The average molecular weight is 240 g/mol. The normalized spacial score (nSPS) is 10.6. The summed E-state index contributed by atoms with van der Waals surface area (Å²) in [6.45, 7) is 0. The third-order valence-electron chi connectivity index (χ3n) is 1.92. The first-order valence-corrected chi connectivity index (χ1v) is 4.61. The van der Waals surface area contributed by atoms with Crippen molar-refractivity contribution >= 4 is 32.4 Å². The Morgan fingerprint density at radius 1 is 1.31 bits per heavy atom. The number of rotatable bonds is 0. The van der Waals surface area contributed by atoms with Crippen LogP contribution in [-0.2, 0) is 0 Å². The molecule has 0 saturated carbocycles. The summed E-state index contributed by atoms with van der Waals surface area (Å²) in [6.07, 6.45) is 1.65. The second-order valence-electron chi connectivity index (χ2n) is 2.85. The molecule has 0 spiro atoms. The predicted octanol–water partition coefficient (Wildman–Crippen LogP) is 1.16. The number of aromatic nitrogens is 1. The van der Waals surface area contributed by atoms with Crippen molar-refractivity contribution in [1.29, 1.82) is 0 Å². The molecule has 1 aromatic carbocycles. The number of fused-ring (bicyclic) bond motifs is 1. The zero-order valence-corrected chi connectivity index (χ0v) is 8.39. The highest BCUT2D eigenvalue weighted by Crippen LogP contribution is 2.21. The van der Waals surface area contributed by atoms with E-state index in [0.29, 0.717) is 5.39 Å². The van der Waals surface area contributed by atoms with Gasteiger partial charge in [-0.3, -0.25) is 4.79 Å². The van der Waals surface area contributed by atoms with Gasteiger partial charge in [-0.1, -0.05) is 0 Å². The maximum Gasteiger partial charge on any atom is 0.256 e. The number of aromatic amines is 1. The van der Waals surface area contributed by atoms with Crippen molar-refractivity contribution in [2.24, 2.45) is 0 Å². The van der Waals surface area contributed by atoms with Gasteiger partial charge in [0, 0.05) is 22.1 Å². The van der Waals surface area contributed by atoms with Crippen LogP contribution in [0, 0.1) is 0 Å². The molecule has 1 heterocycles. The Morgan fingerprint density at radius 3 is 2.85 bits per heavy atom. The van der Waals surface area contributed by atoms with Crippen molar-refractivity contribution in [3.05, 3.63) is 39.2 Å². The Kier molecular flexibility index (Phi) is 1.94. The average Bonchev–Trinajstić information content (AvgIpc) is 2.12. The summed E-state index contributed by atoms with van der Waals surface area (Å²) in [5.41, 5.74) is 4.54. The van der Waals surface area contributed by atoms with Gasteiger partial charge in [-0.05, 0) is 28.1 Å². The fourth-order valence-electron chi connectivity index (χ4n) is 1.27. The zero-order valence-electron chi connectivity index (χ0n) is 6.80. The summed E-state index contributed by atoms with van der Waals surface area (Å²) in [7, 11) is 0. The van der Waals surface area contributed by atoms with Crippen LogP contribution in [0.25, 0.3) is 10.8 Å². The lowest BCUT2D eigenvalue weighted by atomic mass is 10.1. The molecular formula is C9H8BrN2O+. The quantitative estimate of drug-likeness (QED) is 0.713. The molecule has 0 saturated heterocycles. The molecule has 2 aromatic rings. The highest BCUT2D eigenvalue weighted by molar-refractivity contribution is 9.10.